The Morgan fingerprint density at radius 1 is 1.05 bits per heavy atom. The SMILES string of the molecule is O=Cc1ccc(-c2ccc3cc(S(=O)(=O)O)cc(O)c3c2)o1. The topological polar surface area (TPSA) is 105 Å². The molecule has 112 valence electrons. The van der Waals surface area contributed by atoms with Crippen molar-refractivity contribution in [3.63, 3.8) is 0 Å². The molecule has 0 amide bonds. The van der Waals surface area contributed by atoms with Gasteiger partial charge in [0.2, 0.25) is 0 Å². The number of furan rings is 1. The maximum atomic E-state index is 11.1. The summed E-state index contributed by atoms with van der Waals surface area (Å²) in [4.78, 5) is 10.3. The van der Waals surface area contributed by atoms with Gasteiger partial charge in [0.05, 0.1) is 4.90 Å². The first kappa shape index (κ1) is 14.3. The van der Waals surface area contributed by atoms with Crippen LogP contribution in [0.2, 0.25) is 0 Å². The minimum Gasteiger partial charge on any atom is -0.507 e. The van der Waals surface area contributed by atoms with E-state index in [1.54, 1.807) is 24.3 Å². The van der Waals surface area contributed by atoms with E-state index < -0.39 is 10.1 Å². The number of carbonyl (C=O) groups excluding carboxylic acids is 1. The monoisotopic (exact) mass is 318 g/mol. The highest BCUT2D eigenvalue weighted by Crippen LogP contribution is 2.32. The molecule has 0 spiro atoms. The average molecular weight is 318 g/mol. The molecule has 7 heteroatoms. The summed E-state index contributed by atoms with van der Waals surface area (Å²) >= 11 is 0. The highest BCUT2D eigenvalue weighted by atomic mass is 32.2. The van der Waals surface area contributed by atoms with E-state index in [9.17, 15) is 18.3 Å². The Balaban J connectivity index is 2.18. The predicted octanol–water partition coefficient (Wildman–Crippen LogP) is 2.86. The minimum atomic E-state index is -4.40. The van der Waals surface area contributed by atoms with Crippen LogP contribution in [0.1, 0.15) is 10.6 Å². The van der Waals surface area contributed by atoms with Gasteiger partial charge in [-0.2, -0.15) is 8.42 Å². The number of phenolic OH excluding ortho intramolecular Hbond substituents is 1. The van der Waals surface area contributed by atoms with Gasteiger partial charge < -0.3 is 9.52 Å². The highest BCUT2D eigenvalue weighted by molar-refractivity contribution is 7.85. The molecule has 0 aliphatic rings. The molecular weight excluding hydrogens is 308 g/mol. The molecule has 0 fully saturated rings. The number of fused-ring (bicyclic) bond motifs is 1. The number of hydrogen-bond donors (Lipinski definition) is 2. The van der Waals surface area contributed by atoms with Gasteiger partial charge in [0.25, 0.3) is 10.1 Å². The Hall–Kier alpha value is -2.64. The lowest BCUT2D eigenvalue weighted by molar-refractivity contribution is 0.110. The molecule has 0 aliphatic heterocycles. The van der Waals surface area contributed by atoms with E-state index in [2.05, 4.69) is 0 Å². The summed E-state index contributed by atoms with van der Waals surface area (Å²) < 4.78 is 36.6. The molecule has 1 aromatic heterocycles. The van der Waals surface area contributed by atoms with Crippen LogP contribution in [-0.2, 0) is 10.1 Å². The second kappa shape index (κ2) is 4.97. The zero-order valence-corrected chi connectivity index (χ0v) is 11.9. The Morgan fingerprint density at radius 2 is 1.82 bits per heavy atom. The summed E-state index contributed by atoms with van der Waals surface area (Å²) in [6.45, 7) is 0. The van der Waals surface area contributed by atoms with Crippen LogP contribution in [0.5, 0.6) is 5.75 Å². The molecular formula is C15H10O6S. The van der Waals surface area contributed by atoms with Gasteiger partial charge in [0.1, 0.15) is 11.5 Å². The third kappa shape index (κ3) is 2.47. The molecule has 0 unspecified atom stereocenters. The van der Waals surface area contributed by atoms with E-state index in [1.165, 1.54) is 12.1 Å². The zero-order chi connectivity index (χ0) is 15.9. The molecule has 3 aromatic rings. The molecule has 0 radical (unpaired) electrons. The van der Waals surface area contributed by atoms with Gasteiger partial charge in [-0.1, -0.05) is 12.1 Å². The smallest absolute Gasteiger partial charge is 0.294 e. The standard InChI is InChI=1S/C15H10O6S/c16-8-11-3-4-15(21-11)10-2-1-9-5-12(22(18,19)20)7-14(17)13(9)6-10/h1-8,17H,(H,18,19,20). The Bertz CT molecular complexity index is 984. The van der Waals surface area contributed by atoms with E-state index in [1.807, 2.05) is 0 Å². The van der Waals surface area contributed by atoms with Gasteiger partial charge in [-0.15, -0.1) is 0 Å². The summed E-state index contributed by atoms with van der Waals surface area (Å²) in [5.74, 6) is 0.345. The highest BCUT2D eigenvalue weighted by Gasteiger charge is 2.14. The van der Waals surface area contributed by atoms with Crippen LogP contribution < -0.4 is 0 Å². The fourth-order valence-electron chi connectivity index (χ4n) is 2.18. The number of benzene rings is 2. The maximum Gasteiger partial charge on any atom is 0.294 e. The number of aldehydes is 1. The van der Waals surface area contributed by atoms with Crippen LogP contribution in [0.25, 0.3) is 22.1 Å². The van der Waals surface area contributed by atoms with Crippen LogP contribution in [0.15, 0.2) is 51.8 Å². The Kier molecular flexibility index (Phi) is 3.23. The number of carbonyl (C=O) groups is 1. The third-order valence-electron chi connectivity index (χ3n) is 3.23. The second-order valence-electron chi connectivity index (χ2n) is 4.67. The van der Waals surface area contributed by atoms with Crippen LogP contribution in [-0.4, -0.2) is 24.4 Å². The molecule has 2 N–H and O–H groups in total. The number of rotatable bonds is 3. The number of phenols is 1. The lowest BCUT2D eigenvalue weighted by atomic mass is 10.0. The van der Waals surface area contributed by atoms with E-state index in [4.69, 9.17) is 8.97 Å². The van der Waals surface area contributed by atoms with Crippen LogP contribution >= 0.6 is 0 Å². The van der Waals surface area contributed by atoms with Gasteiger partial charge in [-0.05, 0) is 29.7 Å². The zero-order valence-electron chi connectivity index (χ0n) is 11.1. The lowest BCUT2D eigenvalue weighted by Gasteiger charge is -2.06. The normalized spacial score (nSPS) is 11.7. The quantitative estimate of drug-likeness (QED) is 0.568. The molecule has 3 rings (SSSR count). The number of hydrogen-bond acceptors (Lipinski definition) is 5. The summed E-state index contributed by atoms with van der Waals surface area (Å²) in [5.41, 5.74) is 0.621. The predicted molar refractivity (Wildman–Crippen MR) is 78.5 cm³/mol. The molecule has 22 heavy (non-hydrogen) atoms. The van der Waals surface area contributed by atoms with E-state index in [0.717, 1.165) is 6.07 Å². The summed E-state index contributed by atoms with van der Waals surface area (Å²) in [7, 11) is -4.40. The van der Waals surface area contributed by atoms with Crippen molar-refractivity contribution >= 4 is 27.2 Å². The first-order chi connectivity index (χ1) is 10.4. The van der Waals surface area contributed by atoms with Gasteiger partial charge in [0, 0.05) is 17.0 Å². The van der Waals surface area contributed by atoms with E-state index in [0.29, 0.717) is 28.4 Å². The summed E-state index contributed by atoms with van der Waals surface area (Å²) in [6.07, 6.45) is 0.584. The van der Waals surface area contributed by atoms with E-state index in [-0.39, 0.29) is 16.4 Å². The largest absolute Gasteiger partial charge is 0.507 e. The van der Waals surface area contributed by atoms with Crippen molar-refractivity contribution in [1.82, 2.24) is 0 Å². The van der Waals surface area contributed by atoms with Gasteiger partial charge >= 0.3 is 0 Å². The van der Waals surface area contributed by atoms with Crippen molar-refractivity contribution in [2.75, 3.05) is 0 Å². The van der Waals surface area contributed by atoms with Crippen molar-refractivity contribution in [3.05, 3.63) is 48.2 Å². The van der Waals surface area contributed by atoms with Crippen LogP contribution in [0.4, 0.5) is 0 Å². The van der Waals surface area contributed by atoms with Crippen molar-refractivity contribution in [2.24, 2.45) is 0 Å². The molecule has 0 bridgehead atoms. The molecule has 0 saturated carbocycles. The first-order valence-electron chi connectivity index (χ1n) is 6.18. The van der Waals surface area contributed by atoms with Crippen molar-refractivity contribution in [1.29, 1.82) is 0 Å². The van der Waals surface area contributed by atoms with Crippen LogP contribution in [0.3, 0.4) is 0 Å². The van der Waals surface area contributed by atoms with Crippen LogP contribution in [0, 0.1) is 0 Å². The maximum absolute atomic E-state index is 11.1. The Labute approximate surface area is 125 Å². The Morgan fingerprint density at radius 3 is 2.45 bits per heavy atom. The molecule has 0 aliphatic carbocycles. The molecule has 0 saturated heterocycles. The molecule has 1 heterocycles. The first-order valence-corrected chi connectivity index (χ1v) is 7.62. The van der Waals surface area contributed by atoms with Crippen molar-refractivity contribution in [3.8, 4) is 17.1 Å². The fourth-order valence-corrected chi connectivity index (χ4v) is 2.72. The van der Waals surface area contributed by atoms with Gasteiger partial charge in [-0.3, -0.25) is 9.35 Å². The molecule has 2 aromatic carbocycles. The fraction of sp³-hybridized carbons (Fsp3) is 0. The van der Waals surface area contributed by atoms with Crippen molar-refractivity contribution in [2.45, 2.75) is 4.90 Å². The lowest BCUT2D eigenvalue weighted by Crippen LogP contribution is -1.97. The number of aromatic hydroxyl groups is 1. The van der Waals surface area contributed by atoms with E-state index >= 15 is 0 Å². The second-order valence-corrected chi connectivity index (χ2v) is 6.09. The third-order valence-corrected chi connectivity index (χ3v) is 4.06. The average Bonchev–Trinajstić information content (AvgIpc) is 2.95. The summed E-state index contributed by atoms with van der Waals surface area (Å²) in [6, 6.07) is 10.2. The van der Waals surface area contributed by atoms with Gasteiger partial charge in [-0.25, -0.2) is 0 Å². The molecule has 6 nitrogen and oxygen atoms in total. The van der Waals surface area contributed by atoms with Crippen molar-refractivity contribution < 1.29 is 27.3 Å². The minimum absolute atomic E-state index is 0.182. The molecule has 0 atom stereocenters. The summed E-state index contributed by atoms with van der Waals surface area (Å²) in [5, 5.41) is 10.8. The van der Waals surface area contributed by atoms with Gasteiger partial charge in [0.15, 0.2) is 12.0 Å².